The second kappa shape index (κ2) is 21.4. The number of ether oxygens (including phenoxy) is 4. The number of aliphatic hydroxyl groups excluding tert-OH is 2. The maximum Gasteiger partial charge on any atom is 0.155 e. The lowest BCUT2D eigenvalue weighted by Crippen LogP contribution is -2.00. The van der Waals surface area contributed by atoms with Crippen LogP contribution in [0.2, 0.25) is 0 Å². The van der Waals surface area contributed by atoms with Crippen LogP contribution in [0, 0.1) is 55.4 Å². The summed E-state index contributed by atoms with van der Waals surface area (Å²) in [6.07, 6.45) is 2.33. The van der Waals surface area contributed by atoms with Crippen molar-refractivity contribution in [2.45, 2.75) is 83.1 Å². The fraction of sp³-hybridized carbons (Fsp3) is 0.258. The van der Waals surface area contributed by atoms with Gasteiger partial charge >= 0.3 is 0 Å². The Balaban J connectivity index is 0.000000503. The highest BCUT2D eigenvalue weighted by molar-refractivity contribution is 6.32. The predicted octanol–water partition coefficient (Wildman–Crippen LogP) is 15.8. The van der Waals surface area contributed by atoms with Crippen molar-refractivity contribution in [1.82, 2.24) is 0 Å². The van der Waals surface area contributed by atoms with Crippen molar-refractivity contribution in [3.63, 3.8) is 0 Å². The van der Waals surface area contributed by atoms with Crippen molar-refractivity contribution in [3.05, 3.63) is 153 Å². The van der Waals surface area contributed by atoms with Crippen LogP contribution in [0.25, 0.3) is 76.8 Å². The molecule has 0 aromatic heterocycles. The van der Waals surface area contributed by atoms with Gasteiger partial charge in [0.25, 0.3) is 0 Å². The van der Waals surface area contributed by atoms with E-state index in [0.29, 0.717) is 0 Å². The zero-order valence-corrected chi connectivity index (χ0v) is 43.6. The molecule has 70 heavy (non-hydrogen) atoms. The highest BCUT2D eigenvalue weighted by Crippen LogP contribution is 2.51. The average Bonchev–Trinajstić information content (AvgIpc) is 3.27. The van der Waals surface area contributed by atoms with Gasteiger partial charge in [-0.1, -0.05) is 24.3 Å². The van der Waals surface area contributed by atoms with E-state index in [2.05, 4.69) is 140 Å². The first-order valence-electron chi connectivity index (χ1n) is 23.3. The molecule has 0 aliphatic carbocycles. The fourth-order valence-corrected chi connectivity index (χ4v) is 10.3. The molecule has 8 aromatic rings. The lowest BCUT2D eigenvalue weighted by atomic mass is 9.79. The zero-order valence-electron chi connectivity index (χ0n) is 43.6. The molecule has 0 bridgehead atoms. The Hall–Kier alpha value is -7.58. The van der Waals surface area contributed by atoms with Gasteiger partial charge < -0.3 is 29.2 Å². The number of carbonyl (C=O) groups excluding carboxylic acids is 2. The second-order valence-corrected chi connectivity index (χ2v) is 18.4. The standard InChI is InChI=1S/C52H50O4.2C5H8O2/c1-27-17-35(53-9)18-28(2)47(27)43-25-44(48-29(3)19-36(54-10)20-30(48)4)40-15-16-42-46(50-33(7)23-38(56-12)24-34(50)8)26-45(41-14-13-39(43)51(40)52(41)42)49-31(5)21-37(55-11)22-32(49)6;2*1-4(6)3-5(2)7/h13-26H,1-12H3;2*3,6H,1-2H3/b;2*4-3-. The molecular weight excluding hydrogens is 873 g/mol. The Morgan fingerprint density at radius 3 is 0.671 bits per heavy atom. The van der Waals surface area contributed by atoms with E-state index in [1.54, 1.807) is 28.4 Å². The molecule has 0 aliphatic rings. The number of benzene rings is 8. The quantitative estimate of drug-likeness (QED) is 0.0792. The van der Waals surface area contributed by atoms with Crippen molar-refractivity contribution >= 4 is 43.9 Å². The second-order valence-electron chi connectivity index (χ2n) is 18.4. The number of aliphatic hydroxyl groups is 2. The Kier molecular flexibility index (Phi) is 15.8. The minimum absolute atomic E-state index is 0.0625. The maximum atomic E-state index is 10.0. The van der Waals surface area contributed by atoms with Gasteiger partial charge in [-0.25, -0.2) is 0 Å². The SMILES string of the molecule is CC(=O)/C=C(/C)O.CC(=O)/C=C(/C)O.COc1cc(C)c(-c2cc(-c3c(C)cc(OC)cc3C)c3ccc4c(-c5c(C)cc(OC)cc5C)cc(-c5c(C)cc(OC)cc5C)c5ccc2c3c54)c(C)c1. The molecule has 0 radical (unpaired) electrons. The smallest absolute Gasteiger partial charge is 0.155 e. The normalized spacial score (nSPS) is 11.5. The molecule has 0 unspecified atom stereocenters. The number of carbonyl (C=O) groups is 2. The van der Waals surface area contributed by atoms with Crippen LogP contribution in [-0.4, -0.2) is 50.2 Å². The third-order valence-electron chi connectivity index (χ3n) is 12.8. The summed E-state index contributed by atoms with van der Waals surface area (Å²) in [6, 6.07) is 31.6. The Morgan fingerprint density at radius 2 is 0.543 bits per heavy atom. The number of hydrogen-bond donors (Lipinski definition) is 2. The number of aryl methyl sites for hydroxylation is 8. The molecule has 0 fully saturated rings. The minimum atomic E-state index is -0.125. The van der Waals surface area contributed by atoms with Gasteiger partial charge in [-0.2, -0.15) is 0 Å². The van der Waals surface area contributed by atoms with Crippen molar-refractivity contribution in [2.24, 2.45) is 0 Å². The van der Waals surface area contributed by atoms with Crippen molar-refractivity contribution in [2.75, 3.05) is 28.4 Å². The van der Waals surface area contributed by atoms with Crippen LogP contribution in [-0.2, 0) is 9.59 Å². The van der Waals surface area contributed by atoms with Gasteiger partial charge in [-0.3, -0.25) is 9.59 Å². The van der Waals surface area contributed by atoms with E-state index in [4.69, 9.17) is 29.2 Å². The van der Waals surface area contributed by atoms with E-state index >= 15 is 0 Å². The maximum absolute atomic E-state index is 10.0. The Labute approximate surface area is 413 Å². The first kappa shape index (κ1) is 51.8. The van der Waals surface area contributed by atoms with E-state index in [1.807, 2.05) is 0 Å². The average molecular weight is 939 g/mol. The Bertz CT molecular complexity index is 2870. The van der Waals surface area contributed by atoms with Crippen LogP contribution in [0.15, 0.2) is 109 Å². The van der Waals surface area contributed by atoms with Gasteiger partial charge in [0.15, 0.2) is 11.6 Å². The summed E-state index contributed by atoms with van der Waals surface area (Å²) in [5, 5.41) is 24.2. The topological polar surface area (TPSA) is 112 Å². The van der Waals surface area contributed by atoms with Crippen LogP contribution in [0.4, 0.5) is 0 Å². The molecule has 362 valence electrons. The monoisotopic (exact) mass is 938 g/mol. The molecular formula is C62H66O8. The van der Waals surface area contributed by atoms with Gasteiger partial charge in [0.2, 0.25) is 0 Å². The molecule has 0 saturated carbocycles. The van der Waals surface area contributed by atoms with E-state index in [-0.39, 0.29) is 23.1 Å². The van der Waals surface area contributed by atoms with Gasteiger partial charge in [0.05, 0.1) is 40.0 Å². The molecule has 0 spiro atoms. The summed E-state index contributed by atoms with van der Waals surface area (Å²) in [4.78, 5) is 20.0. The molecule has 0 aliphatic heterocycles. The van der Waals surface area contributed by atoms with Crippen molar-refractivity contribution in [3.8, 4) is 67.5 Å². The van der Waals surface area contributed by atoms with Gasteiger partial charge in [-0.15, -0.1) is 0 Å². The molecule has 0 atom stereocenters. The molecule has 8 rings (SSSR count). The van der Waals surface area contributed by atoms with Crippen LogP contribution in [0.1, 0.15) is 72.2 Å². The van der Waals surface area contributed by atoms with E-state index in [1.165, 1.54) is 161 Å². The number of hydrogen-bond acceptors (Lipinski definition) is 8. The highest BCUT2D eigenvalue weighted by Gasteiger charge is 2.25. The van der Waals surface area contributed by atoms with Gasteiger partial charge in [0, 0.05) is 12.2 Å². The number of rotatable bonds is 10. The fourth-order valence-electron chi connectivity index (χ4n) is 10.3. The van der Waals surface area contributed by atoms with E-state index in [0.717, 1.165) is 23.0 Å². The molecule has 8 heteroatoms. The number of ketones is 2. The van der Waals surface area contributed by atoms with Crippen LogP contribution in [0.5, 0.6) is 23.0 Å². The number of allylic oxidation sites excluding steroid dienone is 4. The molecule has 2 N–H and O–H groups in total. The number of methoxy groups -OCH3 is 4. The lowest BCUT2D eigenvalue weighted by Gasteiger charge is -2.25. The third-order valence-corrected chi connectivity index (χ3v) is 12.8. The first-order valence-corrected chi connectivity index (χ1v) is 23.3. The molecule has 0 saturated heterocycles. The first-order chi connectivity index (χ1) is 33.1. The molecule has 8 nitrogen and oxygen atoms in total. The summed E-state index contributed by atoms with van der Waals surface area (Å²) in [5.41, 5.74) is 19.3. The van der Waals surface area contributed by atoms with Crippen molar-refractivity contribution < 1.29 is 38.7 Å². The lowest BCUT2D eigenvalue weighted by molar-refractivity contribution is -0.113. The van der Waals surface area contributed by atoms with Crippen LogP contribution in [0.3, 0.4) is 0 Å². The summed E-state index contributed by atoms with van der Waals surface area (Å²) >= 11 is 0. The molecule has 0 heterocycles. The highest BCUT2D eigenvalue weighted by atomic mass is 16.5. The van der Waals surface area contributed by atoms with E-state index in [9.17, 15) is 9.59 Å². The molecule has 0 amide bonds. The molecule has 8 aromatic carbocycles. The van der Waals surface area contributed by atoms with Crippen LogP contribution < -0.4 is 18.9 Å². The largest absolute Gasteiger partial charge is 0.512 e. The Morgan fingerprint density at radius 1 is 0.357 bits per heavy atom. The van der Waals surface area contributed by atoms with Gasteiger partial charge in [0.1, 0.15) is 23.0 Å². The predicted molar refractivity (Wildman–Crippen MR) is 290 cm³/mol. The van der Waals surface area contributed by atoms with Crippen LogP contribution >= 0.6 is 0 Å². The van der Waals surface area contributed by atoms with Crippen molar-refractivity contribution in [1.29, 1.82) is 0 Å². The third kappa shape index (κ3) is 10.5. The summed E-state index contributed by atoms with van der Waals surface area (Å²) in [7, 11) is 6.96. The summed E-state index contributed by atoms with van der Waals surface area (Å²) in [5.74, 6) is 3.35. The zero-order chi connectivity index (χ0) is 51.5. The van der Waals surface area contributed by atoms with Gasteiger partial charge in [-0.05, 0) is 265 Å². The van der Waals surface area contributed by atoms with E-state index < -0.39 is 0 Å². The summed E-state index contributed by atoms with van der Waals surface area (Å²) in [6.45, 7) is 23.3. The summed E-state index contributed by atoms with van der Waals surface area (Å²) < 4.78 is 23.0. The minimum Gasteiger partial charge on any atom is -0.512 e.